The molecule has 0 aliphatic heterocycles. The molecule has 6 heteroatoms. The van der Waals surface area contributed by atoms with E-state index in [2.05, 4.69) is 23.5 Å². The summed E-state index contributed by atoms with van der Waals surface area (Å²) in [5.41, 5.74) is 4.73. The van der Waals surface area contributed by atoms with Crippen LogP contribution in [0, 0.1) is 0 Å². The number of aryl methyl sites for hydroxylation is 2. The maximum Gasteiger partial charge on any atom is 0.235 e. The van der Waals surface area contributed by atoms with Crippen molar-refractivity contribution in [3.8, 4) is 0 Å². The van der Waals surface area contributed by atoms with Gasteiger partial charge in [-0.2, -0.15) is 4.31 Å². The Hall–Kier alpha value is -2.18. The van der Waals surface area contributed by atoms with Gasteiger partial charge < -0.3 is 5.32 Å². The van der Waals surface area contributed by atoms with Gasteiger partial charge in [-0.15, -0.1) is 0 Å². The Morgan fingerprint density at radius 1 is 1.07 bits per heavy atom. The van der Waals surface area contributed by atoms with Gasteiger partial charge in [0.2, 0.25) is 15.9 Å². The topological polar surface area (TPSA) is 66.5 Å². The number of nitrogens with one attached hydrogen (secondary N) is 1. The van der Waals surface area contributed by atoms with Crippen LogP contribution >= 0.6 is 0 Å². The van der Waals surface area contributed by atoms with Gasteiger partial charge in [-0.05, 0) is 54.4 Å². The average molecular weight is 415 g/mol. The number of carbonyl (C=O) groups excluding carboxylic acids is 1. The van der Waals surface area contributed by atoms with E-state index in [9.17, 15) is 13.2 Å². The first kappa shape index (κ1) is 21.5. The van der Waals surface area contributed by atoms with Gasteiger partial charge in [-0.3, -0.25) is 4.79 Å². The van der Waals surface area contributed by atoms with Crippen LogP contribution in [0.15, 0.2) is 48.5 Å². The van der Waals surface area contributed by atoms with Crippen LogP contribution in [0.2, 0.25) is 0 Å². The Kier molecular flexibility index (Phi) is 7.09. The molecule has 1 atom stereocenters. The van der Waals surface area contributed by atoms with Gasteiger partial charge in [0.25, 0.3) is 0 Å². The van der Waals surface area contributed by atoms with Crippen LogP contribution < -0.4 is 5.32 Å². The molecule has 2 aromatic rings. The van der Waals surface area contributed by atoms with E-state index in [-0.39, 0.29) is 25.0 Å². The van der Waals surface area contributed by atoms with Gasteiger partial charge in [0.1, 0.15) is 0 Å². The summed E-state index contributed by atoms with van der Waals surface area (Å²) >= 11 is 0. The van der Waals surface area contributed by atoms with Crippen LogP contribution in [-0.2, 0) is 34.2 Å². The molecular formula is C23H30N2O3S. The molecule has 0 saturated carbocycles. The van der Waals surface area contributed by atoms with Crippen molar-refractivity contribution in [2.24, 2.45) is 0 Å². The fraction of sp³-hybridized carbons (Fsp3) is 0.435. The van der Waals surface area contributed by atoms with Crippen LogP contribution in [-0.4, -0.2) is 31.4 Å². The maximum atomic E-state index is 12.7. The van der Waals surface area contributed by atoms with E-state index >= 15 is 0 Å². The molecule has 5 nitrogen and oxygen atoms in total. The molecule has 2 aromatic carbocycles. The summed E-state index contributed by atoms with van der Waals surface area (Å²) in [5.74, 6) is -0.282. The highest BCUT2D eigenvalue weighted by molar-refractivity contribution is 7.88. The molecule has 0 fully saturated rings. The lowest BCUT2D eigenvalue weighted by Gasteiger charge is -2.24. The average Bonchev–Trinajstić information content (AvgIpc) is 2.71. The number of sulfonamides is 1. The molecule has 0 saturated heterocycles. The predicted molar refractivity (Wildman–Crippen MR) is 116 cm³/mol. The van der Waals surface area contributed by atoms with Crippen LogP contribution in [0.4, 0.5) is 0 Å². The van der Waals surface area contributed by atoms with E-state index in [1.54, 1.807) is 0 Å². The van der Waals surface area contributed by atoms with E-state index in [1.165, 1.54) is 28.3 Å². The van der Waals surface area contributed by atoms with Crippen molar-refractivity contribution in [2.75, 3.05) is 12.8 Å². The fourth-order valence-corrected chi connectivity index (χ4v) is 4.60. The summed E-state index contributed by atoms with van der Waals surface area (Å²) in [5, 5.41) is 3.03. The first-order chi connectivity index (χ1) is 13.9. The van der Waals surface area contributed by atoms with Crippen molar-refractivity contribution < 1.29 is 13.2 Å². The quantitative estimate of drug-likeness (QED) is 0.718. The van der Waals surface area contributed by atoms with Gasteiger partial charge in [0, 0.05) is 6.54 Å². The number of rotatable bonds is 8. The lowest BCUT2D eigenvalue weighted by Crippen LogP contribution is -2.41. The second-order valence-corrected chi connectivity index (χ2v) is 9.76. The number of fused-ring (bicyclic) bond motifs is 1. The third-order valence-corrected chi connectivity index (χ3v) is 6.71. The molecule has 3 rings (SSSR count). The minimum atomic E-state index is -3.50. The highest BCUT2D eigenvalue weighted by Crippen LogP contribution is 2.26. The van der Waals surface area contributed by atoms with Gasteiger partial charge in [0.05, 0.1) is 18.8 Å². The van der Waals surface area contributed by atoms with Crippen molar-refractivity contribution >= 4 is 15.9 Å². The predicted octanol–water partition coefficient (Wildman–Crippen LogP) is 3.59. The summed E-state index contributed by atoms with van der Waals surface area (Å²) in [6, 6.07) is 15.7. The third kappa shape index (κ3) is 5.90. The van der Waals surface area contributed by atoms with Crippen LogP contribution in [0.25, 0.3) is 0 Å². The van der Waals surface area contributed by atoms with Crippen molar-refractivity contribution in [1.82, 2.24) is 9.62 Å². The zero-order valence-corrected chi connectivity index (χ0v) is 18.0. The van der Waals surface area contributed by atoms with Crippen LogP contribution in [0.5, 0.6) is 0 Å². The van der Waals surface area contributed by atoms with Gasteiger partial charge in [-0.25, -0.2) is 8.42 Å². The third-order valence-electron chi connectivity index (χ3n) is 5.51. The summed E-state index contributed by atoms with van der Waals surface area (Å²) in [4.78, 5) is 12.7. The Balaban J connectivity index is 1.69. The molecule has 0 unspecified atom stereocenters. The fourth-order valence-electron chi connectivity index (χ4n) is 3.87. The number of hydrogen-bond donors (Lipinski definition) is 1. The number of hydrogen-bond acceptors (Lipinski definition) is 3. The molecule has 1 N–H and O–H groups in total. The Morgan fingerprint density at radius 3 is 2.41 bits per heavy atom. The zero-order chi connectivity index (χ0) is 20.9. The molecule has 0 spiro atoms. The van der Waals surface area contributed by atoms with Crippen LogP contribution in [0.3, 0.4) is 0 Å². The highest BCUT2D eigenvalue weighted by Gasteiger charge is 2.23. The first-order valence-corrected chi connectivity index (χ1v) is 12.1. The largest absolute Gasteiger partial charge is 0.348 e. The molecule has 156 valence electrons. The van der Waals surface area contributed by atoms with Crippen molar-refractivity contribution in [3.05, 3.63) is 70.8 Å². The minimum absolute atomic E-state index is 0.118. The molecule has 0 heterocycles. The first-order valence-electron chi connectivity index (χ1n) is 10.3. The molecular weight excluding hydrogens is 384 g/mol. The van der Waals surface area contributed by atoms with Gasteiger partial charge >= 0.3 is 0 Å². The number of amides is 1. The SMILES string of the molecule is CC[C@@H](NC(=O)CN(Cc1ccccc1)S(C)(=O)=O)c1ccc2c(c1)CCCC2. The Labute approximate surface area is 174 Å². The molecule has 0 radical (unpaired) electrons. The normalized spacial score (nSPS) is 15.0. The summed E-state index contributed by atoms with van der Waals surface area (Å²) in [7, 11) is -3.50. The lowest BCUT2D eigenvalue weighted by atomic mass is 9.89. The molecule has 0 bridgehead atoms. The Morgan fingerprint density at radius 2 is 1.76 bits per heavy atom. The van der Waals surface area contributed by atoms with E-state index < -0.39 is 10.0 Å². The van der Waals surface area contributed by atoms with Crippen molar-refractivity contribution in [1.29, 1.82) is 0 Å². The number of nitrogens with zero attached hydrogens (tertiary/aromatic N) is 1. The molecule has 29 heavy (non-hydrogen) atoms. The molecule has 1 amide bonds. The monoisotopic (exact) mass is 414 g/mol. The van der Waals surface area contributed by atoms with E-state index in [4.69, 9.17) is 0 Å². The standard InChI is InChI=1S/C23H30N2O3S/c1-3-22(21-14-13-19-11-7-8-12-20(19)15-21)24-23(26)17-25(29(2,27)28)16-18-9-5-4-6-10-18/h4-6,9-10,13-15,22H,3,7-8,11-12,16-17H2,1-2H3,(H,24,26)/t22-/m1/s1. The summed E-state index contributed by atoms with van der Waals surface area (Å²) in [6.45, 7) is 2.03. The van der Waals surface area contributed by atoms with E-state index in [1.807, 2.05) is 37.3 Å². The van der Waals surface area contributed by atoms with Gasteiger partial charge in [-0.1, -0.05) is 55.5 Å². The Bertz CT molecular complexity index is 942. The lowest BCUT2D eigenvalue weighted by molar-refractivity contribution is -0.122. The van der Waals surface area contributed by atoms with Crippen molar-refractivity contribution in [2.45, 2.75) is 51.6 Å². The van der Waals surface area contributed by atoms with Crippen molar-refractivity contribution in [3.63, 3.8) is 0 Å². The van der Waals surface area contributed by atoms with Crippen LogP contribution in [0.1, 0.15) is 54.5 Å². The number of benzene rings is 2. The maximum absolute atomic E-state index is 12.7. The molecule has 0 aromatic heterocycles. The van der Waals surface area contributed by atoms with Gasteiger partial charge in [0.15, 0.2) is 0 Å². The van der Waals surface area contributed by atoms with E-state index in [0.29, 0.717) is 0 Å². The highest BCUT2D eigenvalue weighted by atomic mass is 32.2. The summed E-state index contributed by atoms with van der Waals surface area (Å²) in [6.07, 6.45) is 6.56. The molecule has 1 aliphatic carbocycles. The van der Waals surface area contributed by atoms with E-state index in [0.717, 1.165) is 36.6 Å². The smallest absolute Gasteiger partial charge is 0.235 e. The molecule has 1 aliphatic rings. The number of carbonyl (C=O) groups is 1. The zero-order valence-electron chi connectivity index (χ0n) is 17.2. The minimum Gasteiger partial charge on any atom is -0.348 e. The summed E-state index contributed by atoms with van der Waals surface area (Å²) < 4.78 is 25.6. The second kappa shape index (κ2) is 9.55. The second-order valence-electron chi connectivity index (χ2n) is 7.78.